The van der Waals surface area contributed by atoms with Crippen LogP contribution in [0.5, 0.6) is 0 Å². The van der Waals surface area contributed by atoms with Crippen molar-refractivity contribution in [2.45, 2.75) is 62.3 Å². The van der Waals surface area contributed by atoms with E-state index in [1.807, 2.05) is 103 Å². The molecule has 3 amide bonds. The number of hydrogen-bond donors (Lipinski definition) is 2. The molecular weight excluding hydrogens is 697 g/mol. The molecule has 2 fully saturated rings. The van der Waals surface area contributed by atoms with Gasteiger partial charge in [-0.15, -0.1) is 5.10 Å². The van der Waals surface area contributed by atoms with Crippen molar-refractivity contribution in [1.29, 1.82) is 0 Å². The Hall–Kier alpha value is -5.41. The second-order valence-corrected chi connectivity index (χ2v) is 13.8. The maximum atomic E-state index is 13.2. The number of rotatable bonds is 12. The standard InChI is InChI=1S/C39H38N6O7S/c1-44-38(41-42-43-44)53-24-32-19-34(28-15-13-25(22-46)14-16-28)52-37(51-32)31-12-6-11-30(18-31)29-10-5-9-27(17-29)21-45-35(47)20-33(36(45)48)40-39(49)50-23-26-7-3-2-4-8-26/h2-18,32-34,37,46H,19-24H2,1H3,(H,40,49)/t32-,33?,34+,37+/m0/s1. The van der Waals surface area contributed by atoms with Gasteiger partial charge in [0.25, 0.3) is 5.91 Å². The Kier molecular flexibility index (Phi) is 11.2. The molecule has 0 radical (unpaired) electrons. The average molecular weight is 735 g/mol. The van der Waals surface area contributed by atoms with E-state index >= 15 is 0 Å². The molecule has 0 bridgehead atoms. The lowest BCUT2D eigenvalue weighted by atomic mass is 9.99. The quantitative estimate of drug-likeness (QED) is 0.127. The molecule has 7 rings (SSSR count). The van der Waals surface area contributed by atoms with Gasteiger partial charge in [-0.1, -0.05) is 103 Å². The monoisotopic (exact) mass is 734 g/mol. The van der Waals surface area contributed by atoms with Gasteiger partial charge in [-0.2, -0.15) is 0 Å². The molecular formula is C39H38N6O7S. The largest absolute Gasteiger partial charge is 0.445 e. The summed E-state index contributed by atoms with van der Waals surface area (Å²) in [4.78, 5) is 39.7. The number of ether oxygens (including phenoxy) is 3. The summed E-state index contributed by atoms with van der Waals surface area (Å²) in [5, 5.41) is 24.5. The first kappa shape index (κ1) is 36.0. The third-order valence-corrected chi connectivity index (χ3v) is 10.2. The van der Waals surface area contributed by atoms with E-state index in [0.717, 1.165) is 38.9 Å². The normalized spacial score (nSPS) is 20.1. The van der Waals surface area contributed by atoms with Crippen molar-refractivity contribution in [2.24, 2.45) is 7.05 Å². The molecule has 2 N–H and O–H groups in total. The summed E-state index contributed by atoms with van der Waals surface area (Å²) in [6.07, 6.45) is -1.37. The second-order valence-electron chi connectivity index (χ2n) is 12.9. The van der Waals surface area contributed by atoms with Crippen LogP contribution in [0, 0.1) is 0 Å². The number of likely N-dealkylation sites (tertiary alicyclic amines) is 1. The topological polar surface area (TPSA) is 158 Å². The minimum absolute atomic E-state index is 0.0368. The molecule has 4 aromatic carbocycles. The number of aliphatic hydroxyl groups is 1. The van der Waals surface area contributed by atoms with E-state index in [4.69, 9.17) is 14.2 Å². The molecule has 0 spiro atoms. The molecule has 2 saturated heterocycles. The van der Waals surface area contributed by atoms with E-state index in [0.29, 0.717) is 17.3 Å². The zero-order valence-electron chi connectivity index (χ0n) is 28.9. The second kappa shape index (κ2) is 16.5. The van der Waals surface area contributed by atoms with Gasteiger partial charge in [0.05, 0.1) is 31.8 Å². The summed E-state index contributed by atoms with van der Waals surface area (Å²) >= 11 is 1.51. The van der Waals surface area contributed by atoms with Crippen LogP contribution >= 0.6 is 11.8 Å². The molecule has 1 aromatic heterocycles. The number of imide groups is 1. The van der Waals surface area contributed by atoms with Crippen LogP contribution in [0.2, 0.25) is 0 Å². The minimum atomic E-state index is -0.989. The Balaban J connectivity index is 1.03. The number of amides is 3. The zero-order chi connectivity index (χ0) is 36.7. The van der Waals surface area contributed by atoms with E-state index in [9.17, 15) is 19.5 Å². The molecule has 0 saturated carbocycles. The highest BCUT2D eigenvalue weighted by Gasteiger charge is 2.40. The number of alkyl carbamates (subject to hydrolysis) is 1. The number of aliphatic hydroxyl groups excluding tert-OH is 1. The molecule has 272 valence electrons. The van der Waals surface area contributed by atoms with Gasteiger partial charge in [-0.05, 0) is 55.9 Å². The van der Waals surface area contributed by atoms with Crippen LogP contribution in [0.15, 0.2) is 108 Å². The molecule has 2 aliphatic heterocycles. The number of tetrazole rings is 1. The average Bonchev–Trinajstić information content (AvgIpc) is 3.73. The molecule has 53 heavy (non-hydrogen) atoms. The zero-order valence-corrected chi connectivity index (χ0v) is 29.7. The van der Waals surface area contributed by atoms with Gasteiger partial charge >= 0.3 is 6.09 Å². The van der Waals surface area contributed by atoms with Crippen molar-refractivity contribution in [3.63, 3.8) is 0 Å². The number of hydrogen-bond acceptors (Lipinski definition) is 11. The fraction of sp³-hybridized carbons (Fsp3) is 0.282. The summed E-state index contributed by atoms with van der Waals surface area (Å²) in [5.41, 5.74) is 6.00. The lowest BCUT2D eigenvalue weighted by Crippen LogP contribution is -2.41. The van der Waals surface area contributed by atoms with Gasteiger partial charge in [0, 0.05) is 24.8 Å². The van der Waals surface area contributed by atoms with Crippen LogP contribution in [-0.2, 0) is 50.6 Å². The van der Waals surface area contributed by atoms with Crippen molar-refractivity contribution in [3.8, 4) is 11.1 Å². The third-order valence-electron chi connectivity index (χ3n) is 9.10. The fourth-order valence-electron chi connectivity index (χ4n) is 6.30. The molecule has 0 aliphatic carbocycles. The molecule has 2 aliphatic rings. The predicted octanol–water partition coefficient (Wildman–Crippen LogP) is 5.26. The highest BCUT2D eigenvalue weighted by atomic mass is 32.2. The molecule has 5 aromatic rings. The Morgan fingerprint density at radius 1 is 0.906 bits per heavy atom. The first-order valence-corrected chi connectivity index (χ1v) is 18.2. The van der Waals surface area contributed by atoms with E-state index in [-0.39, 0.29) is 44.3 Å². The van der Waals surface area contributed by atoms with Crippen LogP contribution in [0.1, 0.15) is 53.1 Å². The van der Waals surface area contributed by atoms with E-state index in [1.165, 1.54) is 16.7 Å². The first-order chi connectivity index (χ1) is 25.8. The molecule has 13 nitrogen and oxygen atoms in total. The van der Waals surface area contributed by atoms with E-state index < -0.39 is 24.3 Å². The number of thioether (sulfide) groups is 1. The third kappa shape index (κ3) is 8.80. The number of benzene rings is 4. The van der Waals surface area contributed by atoms with Crippen molar-refractivity contribution < 1.29 is 33.7 Å². The number of nitrogens with zero attached hydrogens (tertiary/aromatic N) is 5. The van der Waals surface area contributed by atoms with Crippen molar-refractivity contribution in [1.82, 2.24) is 30.4 Å². The Labute approximate surface area is 310 Å². The minimum Gasteiger partial charge on any atom is -0.445 e. The van der Waals surface area contributed by atoms with Crippen molar-refractivity contribution in [3.05, 3.63) is 131 Å². The van der Waals surface area contributed by atoms with Gasteiger partial charge in [0.2, 0.25) is 11.1 Å². The Bertz CT molecular complexity index is 2060. The highest BCUT2D eigenvalue weighted by molar-refractivity contribution is 7.99. The predicted molar refractivity (Wildman–Crippen MR) is 194 cm³/mol. The molecule has 3 heterocycles. The van der Waals surface area contributed by atoms with Crippen molar-refractivity contribution in [2.75, 3.05) is 5.75 Å². The van der Waals surface area contributed by atoms with Gasteiger partial charge in [0.15, 0.2) is 6.29 Å². The van der Waals surface area contributed by atoms with Crippen LogP contribution in [0.25, 0.3) is 11.1 Å². The van der Waals surface area contributed by atoms with Gasteiger partial charge in [-0.3, -0.25) is 14.5 Å². The fourth-order valence-corrected chi connectivity index (χ4v) is 7.17. The summed E-state index contributed by atoms with van der Waals surface area (Å²) in [6.45, 7) is 0.0821. The van der Waals surface area contributed by atoms with Crippen LogP contribution in [0.3, 0.4) is 0 Å². The van der Waals surface area contributed by atoms with E-state index in [2.05, 4.69) is 20.8 Å². The van der Waals surface area contributed by atoms with Crippen LogP contribution < -0.4 is 5.32 Å². The summed E-state index contributed by atoms with van der Waals surface area (Å²) in [7, 11) is 1.80. The number of carbonyl (C=O) groups excluding carboxylic acids is 3. The lowest BCUT2D eigenvalue weighted by molar-refractivity contribution is -0.245. The Morgan fingerprint density at radius 2 is 1.66 bits per heavy atom. The lowest BCUT2D eigenvalue weighted by Gasteiger charge is -2.36. The number of aromatic nitrogens is 4. The van der Waals surface area contributed by atoms with Gasteiger partial charge in [0.1, 0.15) is 12.6 Å². The first-order valence-electron chi connectivity index (χ1n) is 17.2. The maximum absolute atomic E-state index is 13.2. The van der Waals surface area contributed by atoms with Gasteiger partial charge in [-0.25, -0.2) is 9.48 Å². The summed E-state index contributed by atoms with van der Waals surface area (Å²) in [5.74, 6) is -0.235. The van der Waals surface area contributed by atoms with Crippen LogP contribution in [-0.4, -0.2) is 66.0 Å². The SMILES string of the molecule is Cn1nnnc1SC[C@@H]1C[C@H](c2ccc(CO)cc2)O[C@H](c2cccc(-c3cccc(CN4C(=O)CC(NC(=O)OCc5ccccc5)C4=O)c3)c2)O1. The number of aryl methyl sites for hydroxylation is 1. The van der Waals surface area contributed by atoms with E-state index in [1.54, 1.807) is 11.7 Å². The van der Waals surface area contributed by atoms with Gasteiger partial charge < -0.3 is 24.6 Å². The van der Waals surface area contributed by atoms with Crippen LogP contribution in [0.4, 0.5) is 4.79 Å². The molecule has 4 atom stereocenters. The summed E-state index contributed by atoms with van der Waals surface area (Å²) < 4.78 is 20.0. The molecule has 14 heteroatoms. The highest BCUT2D eigenvalue weighted by Crippen LogP contribution is 2.40. The number of nitrogens with one attached hydrogen (secondary N) is 1. The maximum Gasteiger partial charge on any atom is 0.408 e. The molecule has 1 unspecified atom stereocenters. The van der Waals surface area contributed by atoms with Crippen molar-refractivity contribution >= 4 is 29.7 Å². The number of carbonyl (C=O) groups is 3. The smallest absolute Gasteiger partial charge is 0.408 e. The Morgan fingerprint density at radius 3 is 2.42 bits per heavy atom. The summed E-state index contributed by atoms with van der Waals surface area (Å²) in [6, 6.07) is 31.5.